The van der Waals surface area contributed by atoms with Gasteiger partial charge in [0, 0.05) is 23.9 Å². The molecule has 1 atom stereocenters. The number of amides is 1. The summed E-state index contributed by atoms with van der Waals surface area (Å²) in [5.41, 5.74) is 7.00. The van der Waals surface area contributed by atoms with Crippen molar-refractivity contribution in [2.24, 2.45) is 5.73 Å². The Kier molecular flexibility index (Phi) is 5.12. The normalized spacial score (nSPS) is 12.1. The van der Waals surface area contributed by atoms with Crippen LogP contribution in [0.5, 0.6) is 0 Å². The topological polar surface area (TPSA) is 55.1 Å². The minimum absolute atomic E-state index is 0.00732. The highest BCUT2D eigenvalue weighted by Gasteiger charge is 2.10. The van der Waals surface area contributed by atoms with Crippen LogP contribution in [0, 0.1) is 0 Å². The van der Waals surface area contributed by atoms with Crippen molar-refractivity contribution in [2.45, 2.75) is 18.9 Å². The maximum Gasteiger partial charge on any atom is 0.221 e. The standard InChI is InChI=1S/C15H18N2OS/c16-14(12-5-2-1-3-6-12)11-15(18)17-9-8-13-7-4-10-19-13/h1-7,10,14H,8-9,11,16H2,(H,17,18). The third-order valence-electron chi connectivity index (χ3n) is 2.91. The highest BCUT2D eigenvalue weighted by Crippen LogP contribution is 2.13. The molecule has 0 aliphatic rings. The molecule has 0 spiro atoms. The molecule has 100 valence electrons. The zero-order chi connectivity index (χ0) is 13.5. The second-order valence-electron chi connectivity index (χ2n) is 4.40. The summed E-state index contributed by atoms with van der Waals surface area (Å²) in [6.07, 6.45) is 1.21. The molecule has 0 fully saturated rings. The predicted octanol–water partition coefficient (Wildman–Crippen LogP) is 2.50. The van der Waals surface area contributed by atoms with Crippen LogP contribution in [0.25, 0.3) is 0 Å². The average molecular weight is 274 g/mol. The first-order valence-electron chi connectivity index (χ1n) is 6.35. The predicted molar refractivity (Wildman–Crippen MR) is 79.0 cm³/mol. The minimum Gasteiger partial charge on any atom is -0.356 e. The zero-order valence-corrected chi connectivity index (χ0v) is 11.5. The molecule has 0 aliphatic carbocycles. The van der Waals surface area contributed by atoms with E-state index in [1.807, 2.05) is 41.8 Å². The molecule has 1 aromatic heterocycles. The lowest BCUT2D eigenvalue weighted by Crippen LogP contribution is -2.29. The maximum absolute atomic E-state index is 11.8. The van der Waals surface area contributed by atoms with Gasteiger partial charge in [-0.1, -0.05) is 36.4 Å². The minimum atomic E-state index is -0.233. The molecule has 0 bridgehead atoms. The molecule has 2 aromatic rings. The van der Waals surface area contributed by atoms with E-state index in [0.29, 0.717) is 13.0 Å². The fraction of sp³-hybridized carbons (Fsp3) is 0.267. The zero-order valence-electron chi connectivity index (χ0n) is 10.7. The molecule has 0 saturated heterocycles. The van der Waals surface area contributed by atoms with Crippen molar-refractivity contribution in [1.29, 1.82) is 0 Å². The third kappa shape index (κ3) is 4.50. The highest BCUT2D eigenvalue weighted by molar-refractivity contribution is 7.09. The Bertz CT molecular complexity index is 496. The van der Waals surface area contributed by atoms with Crippen LogP contribution in [0.3, 0.4) is 0 Å². The van der Waals surface area contributed by atoms with Crippen molar-refractivity contribution in [2.75, 3.05) is 6.54 Å². The van der Waals surface area contributed by atoms with Crippen LogP contribution in [0.2, 0.25) is 0 Å². The summed E-state index contributed by atoms with van der Waals surface area (Å²) in [5, 5.41) is 4.95. The summed E-state index contributed by atoms with van der Waals surface area (Å²) < 4.78 is 0. The van der Waals surface area contributed by atoms with E-state index in [1.54, 1.807) is 11.3 Å². The van der Waals surface area contributed by atoms with E-state index in [2.05, 4.69) is 11.4 Å². The number of rotatable bonds is 6. The number of hydrogen-bond acceptors (Lipinski definition) is 3. The van der Waals surface area contributed by atoms with E-state index < -0.39 is 0 Å². The van der Waals surface area contributed by atoms with E-state index in [1.165, 1.54) is 4.88 Å². The molecular formula is C15H18N2OS. The molecule has 0 aliphatic heterocycles. The maximum atomic E-state index is 11.8. The molecule has 0 saturated carbocycles. The average Bonchev–Trinajstić information content (AvgIpc) is 2.93. The molecule has 2 rings (SSSR count). The number of benzene rings is 1. The van der Waals surface area contributed by atoms with Crippen molar-refractivity contribution >= 4 is 17.2 Å². The van der Waals surface area contributed by atoms with Crippen molar-refractivity contribution in [3.63, 3.8) is 0 Å². The molecule has 1 aromatic carbocycles. The molecule has 3 nitrogen and oxygen atoms in total. The Labute approximate surface area is 117 Å². The molecule has 4 heteroatoms. The van der Waals surface area contributed by atoms with Crippen molar-refractivity contribution in [3.8, 4) is 0 Å². The van der Waals surface area contributed by atoms with E-state index >= 15 is 0 Å². The molecule has 1 heterocycles. The van der Waals surface area contributed by atoms with Gasteiger partial charge in [-0.15, -0.1) is 11.3 Å². The number of nitrogens with two attached hydrogens (primary N) is 1. The number of thiophene rings is 1. The smallest absolute Gasteiger partial charge is 0.221 e. The van der Waals surface area contributed by atoms with Crippen LogP contribution in [-0.2, 0) is 11.2 Å². The number of nitrogens with one attached hydrogen (secondary N) is 1. The van der Waals surface area contributed by atoms with Crippen LogP contribution in [0.15, 0.2) is 47.8 Å². The van der Waals surface area contributed by atoms with Gasteiger partial charge >= 0.3 is 0 Å². The lowest BCUT2D eigenvalue weighted by atomic mass is 10.0. The second kappa shape index (κ2) is 7.07. The summed E-state index contributed by atoms with van der Waals surface area (Å²) in [6, 6.07) is 13.6. The first-order chi connectivity index (χ1) is 9.25. The van der Waals surface area contributed by atoms with Gasteiger partial charge in [0.2, 0.25) is 5.91 Å². The molecular weight excluding hydrogens is 256 g/mol. The monoisotopic (exact) mass is 274 g/mol. The van der Waals surface area contributed by atoms with Crippen LogP contribution < -0.4 is 11.1 Å². The fourth-order valence-electron chi connectivity index (χ4n) is 1.87. The third-order valence-corrected chi connectivity index (χ3v) is 3.84. The van der Waals surface area contributed by atoms with Gasteiger partial charge in [-0.05, 0) is 23.4 Å². The molecule has 0 radical (unpaired) electrons. The van der Waals surface area contributed by atoms with Crippen LogP contribution in [-0.4, -0.2) is 12.5 Å². The van der Waals surface area contributed by atoms with E-state index in [0.717, 1.165) is 12.0 Å². The second-order valence-corrected chi connectivity index (χ2v) is 5.43. The fourth-order valence-corrected chi connectivity index (χ4v) is 2.58. The molecule has 3 N–H and O–H groups in total. The Balaban J connectivity index is 1.72. The Morgan fingerprint density at radius 3 is 2.68 bits per heavy atom. The molecule has 19 heavy (non-hydrogen) atoms. The van der Waals surface area contributed by atoms with Gasteiger partial charge < -0.3 is 11.1 Å². The van der Waals surface area contributed by atoms with Gasteiger partial charge in [0.05, 0.1) is 0 Å². The first-order valence-corrected chi connectivity index (χ1v) is 7.23. The quantitative estimate of drug-likeness (QED) is 0.850. The molecule has 1 amide bonds. The lowest BCUT2D eigenvalue weighted by molar-refractivity contribution is -0.121. The Morgan fingerprint density at radius 2 is 2.00 bits per heavy atom. The lowest BCUT2D eigenvalue weighted by Gasteiger charge is -2.11. The summed E-state index contributed by atoms with van der Waals surface area (Å²) in [5.74, 6) is 0.00732. The highest BCUT2D eigenvalue weighted by atomic mass is 32.1. The number of hydrogen-bond donors (Lipinski definition) is 2. The SMILES string of the molecule is NC(CC(=O)NCCc1cccs1)c1ccccc1. The van der Waals surface area contributed by atoms with Gasteiger partial charge in [0.1, 0.15) is 0 Å². The number of carbonyl (C=O) groups is 1. The van der Waals surface area contributed by atoms with Gasteiger partial charge in [-0.3, -0.25) is 4.79 Å². The summed E-state index contributed by atoms with van der Waals surface area (Å²) in [7, 11) is 0. The van der Waals surface area contributed by atoms with Crippen LogP contribution in [0.1, 0.15) is 22.9 Å². The van der Waals surface area contributed by atoms with Gasteiger partial charge in [-0.2, -0.15) is 0 Å². The van der Waals surface area contributed by atoms with E-state index in [9.17, 15) is 4.79 Å². The Hall–Kier alpha value is -1.65. The summed E-state index contributed by atoms with van der Waals surface area (Å²) >= 11 is 1.71. The summed E-state index contributed by atoms with van der Waals surface area (Å²) in [6.45, 7) is 0.668. The Morgan fingerprint density at radius 1 is 1.21 bits per heavy atom. The van der Waals surface area contributed by atoms with Gasteiger partial charge in [0.15, 0.2) is 0 Å². The van der Waals surface area contributed by atoms with Crippen molar-refractivity contribution < 1.29 is 4.79 Å². The number of carbonyl (C=O) groups excluding carboxylic acids is 1. The molecule has 1 unspecified atom stereocenters. The van der Waals surface area contributed by atoms with Crippen LogP contribution >= 0.6 is 11.3 Å². The van der Waals surface area contributed by atoms with E-state index in [-0.39, 0.29) is 11.9 Å². The van der Waals surface area contributed by atoms with Crippen LogP contribution in [0.4, 0.5) is 0 Å². The van der Waals surface area contributed by atoms with Gasteiger partial charge in [0.25, 0.3) is 0 Å². The first kappa shape index (κ1) is 13.8. The summed E-state index contributed by atoms with van der Waals surface area (Å²) in [4.78, 5) is 13.1. The largest absolute Gasteiger partial charge is 0.356 e. The van der Waals surface area contributed by atoms with E-state index in [4.69, 9.17) is 5.73 Å². The van der Waals surface area contributed by atoms with Crippen molar-refractivity contribution in [1.82, 2.24) is 5.32 Å². The van der Waals surface area contributed by atoms with Gasteiger partial charge in [-0.25, -0.2) is 0 Å². The van der Waals surface area contributed by atoms with Crippen molar-refractivity contribution in [3.05, 3.63) is 58.3 Å².